The van der Waals surface area contributed by atoms with E-state index in [2.05, 4.69) is 37.6 Å². The Labute approximate surface area is 133 Å². The second-order valence-corrected chi connectivity index (χ2v) is 6.77. The van der Waals surface area contributed by atoms with E-state index in [0.717, 1.165) is 42.3 Å². The van der Waals surface area contributed by atoms with Gasteiger partial charge in [0, 0.05) is 23.8 Å². The predicted octanol–water partition coefficient (Wildman–Crippen LogP) is 3.18. The Morgan fingerprint density at radius 2 is 2.00 bits per heavy atom. The summed E-state index contributed by atoms with van der Waals surface area (Å²) in [7, 11) is 0. The number of nitrogens with zero attached hydrogens (tertiary/aromatic N) is 3. The highest BCUT2D eigenvalue weighted by Crippen LogP contribution is 2.38. The van der Waals surface area contributed by atoms with E-state index in [4.69, 9.17) is 11.5 Å². The van der Waals surface area contributed by atoms with Crippen LogP contribution in [0.4, 0.5) is 5.82 Å². The highest BCUT2D eigenvalue weighted by molar-refractivity contribution is 7.08. The van der Waals surface area contributed by atoms with Crippen LogP contribution in [0.1, 0.15) is 31.7 Å². The Bertz CT molecular complexity index is 784. The number of thiophene rings is 1. The topological polar surface area (TPSA) is 82.8 Å². The maximum Gasteiger partial charge on any atom is 0.146 e. The van der Waals surface area contributed by atoms with Crippen molar-refractivity contribution in [3.63, 3.8) is 0 Å². The van der Waals surface area contributed by atoms with Crippen molar-refractivity contribution in [3.8, 4) is 11.1 Å². The molecule has 0 spiro atoms. The molecule has 0 amide bonds. The van der Waals surface area contributed by atoms with Crippen LogP contribution in [0.2, 0.25) is 0 Å². The lowest BCUT2D eigenvalue weighted by molar-refractivity contribution is 0.329. The van der Waals surface area contributed by atoms with E-state index in [1.165, 1.54) is 5.56 Å². The van der Waals surface area contributed by atoms with Gasteiger partial charge < -0.3 is 16.0 Å². The van der Waals surface area contributed by atoms with Crippen LogP contribution < -0.4 is 11.5 Å². The fourth-order valence-corrected chi connectivity index (χ4v) is 4.06. The predicted molar refractivity (Wildman–Crippen MR) is 90.7 cm³/mol. The second-order valence-electron chi connectivity index (χ2n) is 5.99. The van der Waals surface area contributed by atoms with E-state index < -0.39 is 0 Å². The minimum Gasteiger partial charge on any atom is -0.383 e. The van der Waals surface area contributed by atoms with Gasteiger partial charge in [0.1, 0.15) is 17.8 Å². The molecule has 1 fully saturated rings. The van der Waals surface area contributed by atoms with E-state index in [1.807, 2.05) is 0 Å². The zero-order valence-corrected chi connectivity index (χ0v) is 13.1. The van der Waals surface area contributed by atoms with Crippen molar-refractivity contribution < 1.29 is 0 Å². The number of aromatic nitrogens is 3. The summed E-state index contributed by atoms with van der Waals surface area (Å²) in [5.74, 6) is 0.553. The average Bonchev–Trinajstić information content (AvgIpc) is 3.15. The van der Waals surface area contributed by atoms with Gasteiger partial charge in [-0.2, -0.15) is 11.3 Å². The molecule has 1 aliphatic carbocycles. The summed E-state index contributed by atoms with van der Waals surface area (Å²) in [6.07, 6.45) is 8.08. The van der Waals surface area contributed by atoms with E-state index in [0.29, 0.717) is 17.9 Å². The second kappa shape index (κ2) is 5.37. The molecular formula is C16H19N5S. The minimum atomic E-state index is 0.342. The molecule has 3 aromatic heterocycles. The molecule has 5 nitrogen and oxygen atoms in total. The van der Waals surface area contributed by atoms with Gasteiger partial charge in [0.25, 0.3) is 0 Å². The molecule has 3 aromatic rings. The lowest BCUT2D eigenvalue weighted by Gasteiger charge is -2.27. The van der Waals surface area contributed by atoms with Crippen LogP contribution in [0.5, 0.6) is 0 Å². The first-order valence-electron chi connectivity index (χ1n) is 7.63. The summed E-state index contributed by atoms with van der Waals surface area (Å²) < 4.78 is 2.28. The van der Waals surface area contributed by atoms with Gasteiger partial charge in [0.15, 0.2) is 0 Å². The lowest BCUT2D eigenvalue weighted by atomic mass is 9.92. The van der Waals surface area contributed by atoms with Crippen molar-refractivity contribution in [3.05, 3.63) is 29.4 Å². The zero-order chi connectivity index (χ0) is 15.1. The van der Waals surface area contributed by atoms with Gasteiger partial charge in [0.05, 0.1) is 5.39 Å². The van der Waals surface area contributed by atoms with Gasteiger partial charge in [-0.25, -0.2) is 9.97 Å². The van der Waals surface area contributed by atoms with Crippen LogP contribution in [0.15, 0.2) is 29.4 Å². The largest absolute Gasteiger partial charge is 0.383 e. The fraction of sp³-hybridized carbons (Fsp3) is 0.375. The van der Waals surface area contributed by atoms with E-state index in [9.17, 15) is 0 Å². The van der Waals surface area contributed by atoms with E-state index >= 15 is 0 Å². The highest BCUT2D eigenvalue weighted by atomic mass is 32.1. The first-order valence-corrected chi connectivity index (χ1v) is 8.57. The highest BCUT2D eigenvalue weighted by Gasteiger charge is 2.24. The molecule has 1 saturated carbocycles. The number of rotatable bonds is 2. The van der Waals surface area contributed by atoms with Crippen LogP contribution in [-0.4, -0.2) is 20.6 Å². The van der Waals surface area contributed by atoms with Crippen molar-refractivity contribution in [2.75, 3.05) is 5.73 Å². The third kappa shape index (κ3) is 2.19. The first kappa shape index (κ1) is 13.7. The number of fused-ring (bicyclic) bond motifs is 1. The number of nitrogen functional groups attached to an aromatic ring is 1. The van der Waals surface area contributed by atoms with Gasteiger partial charge in [-0.05, 0) is 48.1 Å². The molecule has 3 heterocycles. The molecule has 0 atom stereocenters. The first-order chi connectivity index (χ1) is 10.7. The van der Waals surface area contributed by atoms with E-state index in [1.54, 1.807) is 17.7 Å². The molecule has 0 aromatic carbocycles. The maximum atomic E-state index is 6.15. The molecule has 1 aliphatic rings. The number of hydrogen-bond acceptors (Lipinski definition) is 5. The molecule has 0 saturated heterocycles. The number of anilines is 1. The van der Waals surface area contributed by atoms with Gasteiger partial charge in [-0.15, -0.1) is 0 Å². The molecule has 0 radical (unpaired) electrons. The van der Waals surface area contributed by atoms with Crippen LogP contribution in [0.25, 0.3) is 22.2 Å². The molecular weight excluding hydrogens is 294 g/mol. The quantitative estimate of drug-likeness (QED) is 0.761. The monoisotopic (exact) mass is 313 g/mol. The summed E-state index contributed by atoms with van der Waals surface area (Å²) in [6, 6.07) is 2.91. The summed E-state index contributed by atoms with van der Waals surface area (Å²) in [4.78, 5) is 8.70. The molecule has 0 aliphatic heterocycles. The molecule has 4 rings (SSSR count). The van der Waals surface area contributed by atoms with Crippen LogP contribution in [0.3, 0.4) is 0 Å². The molecule has 4 N–H and O–H groups in total. The molecule has 0 bridgehead atoms. The average molecular weight is 313 g/mol. The Hall–Kier alpha value is -1.92. The molecule has 22 heavy (non-hydrogen) atoms. The Balaban J connectivity index is 1.87. The summed E-state index contributed by atoms with van der Waals surface area (Å²) in [5, 5.41) is 5.19. The van der Waals surface area contributed by atoms with E-state index in [-0.39, 0.29) is 0 Å². The number of hydrogen-bond donors (Lipinski definition) is 2. The smallest absolute Gasteiger partial charge is 0.146 e. The zero-order valence-electron chi connectivity index (χ0n) is 12.3. The van der Waals surface area contributed by atoms with Crippen LogP contribution >= 0.6 is 11.3 Å². The number of nitrogens with two attached hydrogens (primary N) is 2. The van der Waals surface area contributed by atoms with Gasteiger partial charge in [0.2, 0.25) is 0 Å². The Morgan fingerprint density at radius 3 is 2.73 bits per heavy atom. The standard InChI is InChI=1S/C16H19N5S/c17-11-1-3-12(4-2-11)21-7-13(10-5-6-22-8-10)14-15(18)19-9-20-16(14)21/h5-9,11-12H,1-4,17H2,(H2,18,19,20). The minimum absolute atomic E-state index is 0.342. The summed E-state index contributed by atoms with van der Waals surface area (Å²) >= 11 is 1.69. The normalized spacial score (nSPS) is 22.2. The lowest BCUT2D eigenvalue weighted by Crippen LogP contribution is -2.27. The molecule has 0 unspecified atom stereocenters. The van der Waals surface area contributed by atoms with Crippen LogP contribution in [-0.2, 0) is 0 Å². The maximum absolute atomic E-state index is 6.15. The SMILES string of the molecule is Nc1ncnc2c1c(-c1ccsc1)cn2C1CCC(N)CC1. The third-order valence-corrected chi connectivity index (χ3v) is 5.29. The summed E-state index contributed by atoms with van der Waals surface area (Å²) in [5.41, 5.74) is 15.4. The Kier molecular flexibility index (Phi) is 3.35. The third-order valence-electron chi connectivity index (χ3n) is 4.61. The Morgan fingerprint density at radius 1 is 1.18 bits per heavy atom. The van der Waals surface area contributed by atoms with Crippen molar-refractivity contribution in [1.82, 2.24) is 14.5 Å². The van der Waals surface area contributed by atoms with Gasteiger partial charge in [-0.1, -0.05) is 0 Å². The van der Waals surface area contributed by atoms with Crippen molar-refractivity contribution in [2.45, 2.75) is 37.8 Å². The van der Waals surface area contributed by atoms with Crippen molar-refractivity contribution >= 4 is 28.2 Å². The summed E-state index contributed by atoms with van der Waals surface area (Å²) in [6.45, 7) is 0. The van der Waals surface area contributed by atoms with Gasteiger partial charge in [-0.3, -0.25) is 0 Å². The molecule has 114 valence electrons. The van der Waals surface area contributed by atoms with Crippen molar-refractivity contribution in [1.29, 1.82) is 0 Å². The molecule has 6 heteroatoms. The van der Waals surface area contributed by atoms with Crippen molar-refractivity contribution in [2.24, 2.45) is 5.73 Å². The van der Waals surface area contributed by atoms with Crippen LogP contribution in [0, 0.1) is 0 Å². The fourth-order valence-electron chi connectivity index (χ4n) is 3.40. The van der Waals surface area contributed by atoms with Gasteiger partial charge >= 0.3 is 0 Å².